The number of hydrogen-bond donors (Lipinski definition) is 2. The minimum Gasteiger partial charge on any atom is -0.550 e. The monoisotopic (exact) mass is 230 g/mol. The zero-order chi connectivity index (χ0) is 9.14. The summed E-state index contributed by atoms with van der Waals surface area (Å²) in [4.78, 5) is 31.6. The molecule has 0 aromatic heterocycles. The summed E-state index contributed by atoms with van der Waals surface area (Å²) in [6, 6.07) is -0.990. The van der Waals surface area contributed by atoms with Gasteiger partial charge in [0.1, 0.15) is 6.04 Å². The molecule has 0 aliphatic carbocycles. The predicted molar refractivity (Wildman–Crippen MR) is 41.8 cm³/mol. The molecule has 0 radical (unpaired) electrons. The van der Waals surface area contributed by atoms with Crippen LogP contribution >= 0.6 is 0 Å². The molecule has 1 aliphatic heterocycles. The Bertz CT molecular complexity index is 244. The molecule has 1 rings (SSSR count). The average molecular weight is 230 g/mol. The van der Waals surface area contributed by atoms with Crippen LogP contribution < -0.4 is 45.3 Å². The van der Waals surface area contributed by atoms with Crippen LogP contribution in [0, 0.1) is 0 Å². The number of carbonyl (C=O) groups is 3. The van der Waals surface area contributed by atoms with E-state index in [9.17, 15) is 19.5 Å². The molecule has 0 aromatic carbocycles. The molecule has 0 spiro atoms. The smallest absolute Gasteiger partial charge is 0.550 e. The largest absolute Gasteiger partial charge is 1.00 e. The van der Waals surface area contributed by atoms with Crippen molar-refractivity contribution in [1.82, 2.24) is 10.6 Å². The number of carboxylic acids is 1. The number of aliphatic carboxylic acids is 1. The molecule has 1 fully saturated rings. The summed E-state index contributed by atoms with van der Waals surface area (Å²) < 4.78 is 0. The number of amides is 2. The normalized spacial score (nSPS) is 18.3. The zero-order valence-corrected chi connectivity index (χ0v) is 10.1. The number of hydrogen-bond acceptors (Lipinski definition) is 4. The topological polar surface area (TPSA) is 161 Å². The van der Waals surface area contributed by atoms with Crippen LogP contribution in [0.25, 0.3) is 0 Å². The van der Waals surface area contributed by atoms with Crippen LogP contribution in [0.2, 0.25) is 0 Å². The van der Waals surface area contributed by atoms with E-state index >= 15 is 0 Å². The average Bonchev–Trinajstić information content (AvgIpc) is 1.96. The third-order valence-corrected chi connectivity index (χ3v) is 1.45. The van der Waals surface area contributed by atoms with Crippen molar-refractivity contribution in [1.29, 1.82) is 0 Å². The fourth-order valence-electron chi connectivity index (χ4n) is 0.912. The summed E-state index contributed by atoms with van der Waals surface area (Å²) >= 11 is 0. The third-order valence-electron chi connectivity index (χ3n) is 1.45. The summed E-state index contributed by atoms with van der Waals surface area (Å²) in [6.07, 6.45) is -0.489. The first-order valence-electron chi connectivity index (χ1n) is 3.36. The van der Waals surface area contributed by atoms with Crippen LogP contribution in [-0.2, 0) is 14.4 Å². The Labute approximate surface area is 107 Å². The van der Waals surface area contributed by atoms with Gasteiger partial charge >= 0.3 is 29.6 Å². The quantitative estimate of drug-likeness (QED) is 0.450. The van der Waals surface area contributed by atoms with Gasteiger partial charge in [-0.3, -0.25) is 9.59 Å². The first-order valence-corrected chi connectivity index (χ1v) is 3.36. The van der Waals surface area contributed by atoms with Crippen molar-refractivity contribution in [3.05, 3.63) is 0 Å². The number of piperazine rings is 1. The van der Waals surface area contributed by atoms with Gasteiger partial charge in [-0.2, -0.15) is 0 Å². The molecule has 0 aromatic rings. The van der Waals surface area contributed by atoms with Gasteiger partial charge < -0.3 is 31.5 Å². The number of nitrogens with one attached hydrogen (secondary N) is 2. The van der Waals surface area contributed by atoms with Gasteiger partial charge in [-0.25, -0.2) is 0 Å². The summed E-state index contributed by atoms with van der Waals surface area (Å²) in [5.74, 6) is -2.24. The fourth-order valence-corrected chi connectivity index (χ4v) is 0.912. The second-order valence-corrected chi connectivity index (χ2v) is 2.41. The molecule has 9 heteroatoms. The molecule has 0 unspecified atom stereocenters. The Kier molecular flexibility index (Phi) is 11.4. The van der Waals surface area contributed by atoms with E-state index in [-0.39, 0.29) is 53.0 Å². The van der Waals surface area contributed by atoms with E-state index in [1.54, 1.807) is 0 Å². The van der Waals surface area contributed by atoms with Crippen molar-refractivity contribution in [2.24, 2.45) is 0 Å². The van der Waals surface area contributed by atoms with Crippen LogP contribution in [-0.4, -0.2) is 41.3 Å². The van der Waals surface area contributed by atoms with Crippen LogP contribution in [0.5, 0.6) is 0 Å². The summed E-state index contributed by atoms with van der Waals surface area (Å²) in [6.45, 7) is -0.0949. The summed E-state index contributed by atoms with van der Waals surface area (Å²) in [5, 5.41) is 14.5. The molecule has 1 aliphatic rings. The number of carboxylic acid groups (broad SMARTS) is 1. The Morgan fingerprint density at radius 2 is 1.93 bits per heavy atom. The van der Waals surface area contributed by atoms with Crippen LogP contribution in [0.1, 0.15) is 6.42 Å². The van der Waals surface area contributed by atoms with Crippen LogP contribution in [0.4, 0.5) is 0 Å². The molecule has 82 valence electrons. The third kappa shape index (κ3) is 6.42. The van der Waals surface area contributed by atoms with E-state index in [4.69, 9.17) is 0 Å². The molecule has 1 saturated heterocycles. The van der Waals surface area contributed by atoms with Crippen molar-refractivity contribution >= 4 is 17.8 Å². The fraction of sp³-hybridized carbons (Fsp3) is 0.500. The maximum atomic E-state index is 10.9. The standard InChI is InChI=1S/C6H8N2O4.Na.2H2O/c9-4-2-7-6(12)3(8-4)1-5(10)11;;;/h3H,1-2H2,(H,7,12)(H,8,9)(H,10,11);;2*1H2/q;+1;;/p-1/t3-;;;/m1.../s1. The Hall–Kier alpha value is -0.670. The Morgan fingerprint density at radius 1 is 1.40 bits per heavy atom. The van der Waals surface area contributed by atoms with Gasteiger partial charge in [0.25, 0.3) is 0 Å². The molecule has 6 N–H and O–H groups in total. The van der Waals surface area contributed by atoms with Crippen molar-refractivity contribution in [3.8, 4) is 0 Å². The van der Waals surface area contributed by atoms with Gasteiger partial charge in [0.15, 0.2) is 0 Å². The van der Waals surface area contributed by atoms with Crippen molar-refractivity contribution < 1.29 is 60.0 Å². The minimum atomic E-state index is -1.36. The number of carbonyl (C=O) groups excluding carboxylic acids is 3. The molecule has 1 atom stereocenters. The first kappa shape index (κ1) is 19.8. The van der Waals surface area contributed by atoms with E-state index in [0.29, 0.717) is 0 Å². The van der Waals surface area contributed by atoms with Gasteiger partial charge in [0.05, 0.1) is 6.54 Å². The maximum absolute atomic E-state index is 10.9. The van der Waals surface area contributed by atoms with Gasteiger partial charge in [-0.1, -0.05) is 0 Å². The van der Waals surface area contributed by atoms with Crippen molar-refractivity contribution in [3.63, 3.8) is 0 Å². The summed E-state index contributed by atoms with van der Waals surface area (Å²) in [5.41, 5.74) is 0. The SMILES string of the molecule is O.O.O=C([O-])C[C@H]1NC(=O)CNC1=O.[Na+]. The van der Waals surface area contributed by atoms with Gasteiger partial charge in [-0.15, -0.1) is 0 Å². The minimum absolute atomic E-state index is 0. The summed E-state index contributed by atoms with van der Waals surface area (Å²) in [7, 11) is 0. The molecule has 2 amide bonds. The Balaban J connectivity index is -0.000000480. The molecule has 1 heterocycles. The predicted octanol–water partition coefficient (Wildman–Crippen LogP) is -7.90. The molecule has 8 nitrogen and oxygen atoms in total. The van der Waals surface area contributed by atoms with Gasteiger partial charge in [-0.05, 0) is 0 Å². The van der Waals surface area contributed by atoms with E-state index < -0.39 is 24.3 Å². The molecular formula is C6H11N2NaO6. The Morgan fingerprint density at radius 3 is 2.40 bits per heavy atom. The van der Waals surface area contributed by atoms with E-state index in [1.165, 1.54) is 0 Å². The van der Waals surface area contributed by atoms with Crippen LogP contribution in [0.15, 0.2) is 0 Å². The second kappa shape index (κ2) is 8.62. The first-order chi connectivity index (χ1) is 5.59. The zero-order valence-electron chi connectivity index (χ0n) is 8.12. The maximum Gasteiger partial charge on any atom is 1.00 e. The van der Waals surface area contributed by atoms with Crippen molar-refractivity contribution in [2.45, 2.75) is 12.5 Å². The van der Waals surface area contributed by atoms with Crippen LogP contribution in [0.3, 0.4) is 0 Å². The number of rotatable bonds is 2. The van der Waals surface area contributed by atoms with Gasteiger partial charge in [0, 0.05) is 12.4 Å². The van der Waals surface area contributed by atoms with E-state index in [1.807, 2.05) is 0 Å². The molecule has 15 heavy (non-hydrogen) atoms. The molecule has 0 saturated carbocycles. The molecular weight excluding hydrogens is 219 g/mol. The van der Waals surface area contributed by atoms with E-state index in [0.717, 1.165) is 0 Å². The van der Waals surface area contributed by atoms with Crippen molar-refractivity contribution in [2.75, 3.05) is 6.54 Å². The second-order valence-electron chi connectivity index (χ2n) is 2.41. The molecule has 0 bridgehead atoms. The van der Waals surface area contributed by atoms with Gasteiger partial charge in [0.2, 0.25) is 11.8 Å². The van der Waals surface area contributed by atoms with E-state index in [2.05, 4.69) is 10.6 Å².